The minimum Gasteiger partial charge on any atom is -0.472 e. The minimum atomic E-state index is -0.0746. The Morgan fingerprint density at radius 2 is 2.33 bits per heavy atom. The van der Waals surface area contributed by atoms with Crippen molar-refractivity contribution in [1.82, 2.24) is 10.2 Å². The third-order valence-electron chi connectivity index (χ3n) is 3.73. The van der Waals surface area contributed by atoms with Gasteiger partial charge in [-0.1, -0.05) is 13.8 Å². The fraction of sp³-hybridized carbons (Fsp3) is 0.643. The summed E-state index contributed by atoms with van der Waals surface area (Å²) in [7, 11) is 1.86. The Morgan fingerprint density at radius 1 is 1.56 bits per heavy atom. The van der Waals surface area contributed by atoms with Crippen LogP contribution >= 0.6 is 0 Å². The summed E-state index contributed by atoms with van der Waals surface area (Å²) in [5, 5.41) is 3.14. The third kappa shape index (κ3) is 2.93. The van der Waals surface area contributed by atoms with E-state index in [2.05, 4.69) is 19.2 Å². The molecule has 0 aromatic carbocycles. The highest BCUT2D eigenvalue weighted by Gasteiger charge is 2.34. The second-order valence-electron chi connectivity index (χ2n) is 5.85. The maximum absolute atomic E-state index is 12.4. The Morgan fingerprint density at radius 3 is 2.94 bits per heavy atom. The average Bonchev–Trinajstić information content (AvgIpc) is 2.79. The fourth-order valence-electron chi connectivity index (χ4n) is 2.50. The maximum atomic E-state index is 12.4. The van der Waals surface area contributed by atoms with Gasteiger partial charge in [-0.15, -0.1) is 0 Å². The molecular formula is C14H22N2O2. The van der Waals surface area contributed by atoms with Gasteiger partial charge in [0.05, 0.1) is 18.6 Å². The van der Waals surface area contributed by atoms with Crippen molar-refractivity contribution in [2.45, 2.75) is 39.3 Å². The molecule has 2 rings (SSSR count). The number of rotatable bonds is 3. The Kier molecular flexibility index (Phi) is 3.76. The van der Waals surface area contributed by atoms with Crippen LogP contribution < -0.4 is 5.32 Å². The highest BCUT2D eigenvalue weighted by atomic mass is 16.3. The van der Waals surface area contributed by atoms with Crippen LogP contribution in [-0.2, 0) is 11.3 Å². The van der Waals surface area contributed by atoms with Gasteiger partial charge in [-0.3, -0.25) is 4.79 Å². The number of amides is 1. The highest BCUT2D eigenvalue weighted by Crippen LogP contribution is 2.31. The molecule has 1 aromatic rings. The number of nitrogens with zero attached hydrogens (tertiary/aromatic N) is 1. The van der Waals surface area contributed by atoms with E-state index in [0.717, 1.165) is 24.9 Å². The molecule has 4 nitrogen and oxygen atoms in total. The zero-order valence-corrected chi connectivity index (χ0v) is 11.4. The van der Waals surface area contributed by atoms with Gasteiger partial charge < -0.3 is 14.6 Å². The first kappa shape index (κ1) is 13.1. The first-order valence-corrected chi connectivity index (χ1v) is 6.49. The molecule has 0 aliphatic carbocycles. The van der Waals surface area contributed by atoms with Crippen LogP contribution in [0.5, 0.6) is 0 Å². The summed E-state index contributed by atoms with van der Waals surface area (Å²) in [4.78, 5) is 14.4. The summed E-state index contributed by atoms with van der Waals surface area (Å²) in [5.74, 6) is 0.198. The van der Waals surface area contributed by atoms with Crippen molar-refractivity contribution in [2.75, 3.05) is 13.6 Å². The van der Waals surface area contributed by atoms with E-state index in [-0.39, 0.29) is 17.4 Å². The van der Waals surface area contributed by atoms with Crippen molar-refractivity contribution in [3.63, 3.8) is 0 Å². The van der Waals surface area contributed by atoms with Gasteiger partial charge in [-0.25, -0.2) is 0 Å². The van der Waals surface area contributed by atoms with Crippen molar-refractivity contribution in [1.29, 1.82) is 0 Å². The van der Waals surface area contributed by atoms with Crippen molar-refractivity contribution >= 4 is 5.91 Å². The van der Waals surface area contributed by atoms with Gasteiger partial charge in [0.25, 0.3) is 0 Å². The van der Waals surface area contributed by atoms with Gasteiger partial charge in [-0.2, -0.15) is 0 Å². The number of hydrogen-bond donors (Lipinski definition) is 1. The summed E-state index contributed by atoms with van der Waals surface area (Å²) < 4.78 is 5.06. The quantitative estimate of drug-likeness (QED) is 0.892. The lowest BCUT2D eigenvalue weighted by molar-refractivity contribution is -0.133. The smallest absolute Gasteiger partial charge is 0.240 e. The second-order valence-corrected chi connectivity index (χ2v) is 5.85. The van der Waals surface area contributed by atoms with E-state index in [1.165, 1.54) is 0 Å². The first-order valence-electron chi connectivity index (χ1n) is 6.49. The van der Waals surface area contributed by atoms with Crippen molar-refractivity contribution < 1.29 is 9.21 Å². The lowest BCUT2D eigenvalue weighted by atomic mass is 9.83. The number of hydrogen-bond acceptors (Lipinski definition) is 3. The zero-order chi connectivity index (χ0) is 13.2. The summed E-state index contributed by atoms with van der Waals surface area (Å²) in [6.45, 7) is 5.91. The first-order chi connectivity index (χ1) is 8.52. The molecule has 2 heterocycles. The number of likely N-dealkylation sites (N-methyl/N-ethyl adjacent to an activating group) is 1. The van der Waals surface area contributed by atoms with E-state index in [1.807, 2.05) is 18.0 Å². The molecule has 1 atom stereocenters. The zero-order valence-electron chi connectivity index (χ0n) is 11.4. The molecule has 18 heavy (non-hydrogen) atoms. The third-order valence-corrected chi connectivity index (χ3v) is 3.73. The van der Waals surface area contributed by atoms with E-state index in [0.29, 0.717) is 6.54 Å². The largest absolute Gasteiger partial charge is 0.472 e. The van der Waals surface area contributed by atoms with Crippen molar-refractivity contribution in [3.05, 3.63) is 24.2 Å². The van der Waals surface area contributed by atoms with Crippen LogP contribution in [0.3, 0.4) is 0 Å². The monoisotopic (exact) mass is 250 g/mol. The van der Waals surface area contributed by atoms with Gasteiger partial charge in [0.2, 0.25) is 5.91 Å². The number of furan rings is 1. The van der Waals surface area contributed by atoms with Crippen molar-refractivity contribution in [2.24, 2.45) is 5.41 Å². The average molecular weight is 250 g/mol. The van der Waals surface area contributed by atoms with Crippen LogP contribution in [0.2, 0.25) is 0 Å². The van der Waals surface area contributed by atoms with Gasteiger partial charge in [0.1, 0.15) is 0 Å². The van der Waals surface area contributed by atoms with Gasteiger partial charge >= 0.3 is 0 Å². The van der Waals surface area contributed by atoms with Crippen LogP contribution in [0.4, 0.5) is 0 Å². The lowest BCUT2D eigenvalue weighted by Gasteiger charge is -2.24. The molecule has 0 radical (unpaired) electrons. The molecule has 1 fully saturated rings. The molecule has 1 aliphatic rings. The van der Waals surface area contributed by atoms with Gasteiger partial charge in [0, 0.05) is 18.7 Å². The normalized spacial score (nSPS) is 24.1. The Labute approximate surface area is 108 Å². The Balaban J connectivity index is 2.12. The van der Waals surface area contributed by atoms with Crippen LogP contribution in [0.25, 0.3) is 0 Å². The van der Waals surface area contributed by atoms with Gasteiger partial charge in [0.15, 0.2) is 0 Å². The lowest BCUT2D eigenvalue weighted by Crippen LogP contribution is -2.44. The van der Waals surface area contributed by atoms with Crippen LogP contribution in [-0.4, -0.2) is 30.4 Å². The van der Waals surface area contributed by atoms with Crippen LogP contribution in [0.1, 0.15) is 32.3 Å². The fourth-order valence-corrected chi connectivity index (χ4v) is 2.50. The van der Waals surface area contributed by atoms with E-state index < -0.39 is 0 Å². The van der Waals surface area contributed by atoms with E-state index in [9.17, 15) is 4.79 Å². The number of carbonyl (C=O) groups is 1. The van der Waals surface area contributed by atoms with Crippen molar-refractivity contribution in [3.8, 4) is 0 Å². The Hall–Kier alpha value is -1.29. The SMILES string of the molecule is CNC1CC(C)(C)CCN(Cc2ccoc2)C1=O. The predicted molar refractivity (Wildman–Crippen MR) is 70.0 cm³/mol. The molecular weight excluding hydrogens is 228 g/mol. The second kappa shape index (κ2) is 5.14. The minimum absolute atomic E-state index is 0.0746. The molecule has 4 heteroatoms. The molecule has 1 aliphatic heterocycles. The summed E-state index contributed by atoms with van der Waals surface area (Å²) in [5.41, 5.74) is 1.26. The van der Waals surface area contributed by atoms with E-state index >= 15 is 0 Å². The maximum Gasteiger partial charge on any atom is 0.240 e. The molecule has 1 aromatic heterocycles. The molecule has 0 bridgehead atoms. The molecule has 1 unspecified atom stereocenters. The number of likely N-dealkylation sites (tertiary alicyclic amines) is 1. The van der Waals surface area contributed by atoms with Crippen LogP contribution in [0.15, 0.2) is 23.0 Å². The highest BCUT2D eigenvalue weighted by molar-refractivity contribution is 5.82. The number of carbonyl (C=O) groups excluding carboxylic acids is 1. The summed E-state index contributed by atoms with van der Waals surface area (Å²) in [6.07, 6.45) is 5.29. The molecule has 1 saturated heterocycles. The topological polar surface area (TPSA) is 45.5 Å². The molecule has 1 amide bonds. The molecule has 0 saturated carbocycles. The summed E-state index contributed by atoms with van der Waals surface area (Å²) in [6, 6.07) is 1.84. The van der Waals surface area contributed by atoms with E-state index in [4.69, 9.17) is 4.42 Å². The standard InChI is InChI=1S/C14H22N2O2/c1-14(2)5-6-16(9-11-4-7-18-10-11)13(17)12(8-14)15-3/h4,7,10,12,15H,5-6,8-9H2,1-3H3. The van der Waals surface area contributed by atoms with E-state index in [1.54, 1.807) is 12.5 Å². The Bertz CT molecular complexity index is 398. The number of nitrogens with one attached hydrogen (secondary N) is 1. The van der Waals surface area contributed by atoms with Gasteiger partial charge in [-0.05, 0) is 31.4 Å². The molecule has 1 N–H and O–H groups in total. The molecule has 100 valence electrons. The predicted octanol–water partition coefficient (Wildman–Crippen LogP) is 2.02. The van der Waals surface area contributed by atoms with Crippen LogP contribution in [0, 0.1) is 5.41 Å². The molecule has 0 spiro atoms. The summed E-state index contributed by atoms with van der Waals surface area (Å²) >= 11 is 0.